The Morgan fingerprint density at radius 3 is 2.35 bits per heavy atom. The molecule has 0 amide bonds. The van der Waals surface area contributed by atoms with E-state index in [1.54, 1.807) is 18.7 Å². The summed E-state index contributed by atoms with van der Waals surface area (Å²) in [6.07, 6.45) is 3.17. The van der Waals surface area contributed by atoms with Crippen LogP contribution in [0.3, 0.4) is 0 Å². The lowest BCUT2D eigenvalue weighted by atomic mass is 10.3. The lowest BCUT2D eigenvalue weighted by Crippen LogP contribution is -2.28. The standard InChI is InChI=1S/C16H21N3O3S/c1-12-15(17-23(21,22)14-10-6-7-11-14)16(20)19(18(12)2)13-8-4-3-5-9-13/h3-5,8-9,14,17H,6-7,10-11H2,1-2H3. The summed E-state index contributed by atoms with van der Waals surface area (Å²) in [5.74, 6) is 0. The summed E-state index contributed by atoms with van der Waals surface area (Å²) in [6.45, 7) is 1.74. The van der Waals surface area contributed by atoms with E-state index >= 15 is 0 Å². The number of hydrogen-bond acceptors (Lipinski definition) is 3. The van der Waals surface area contributed by atoms with Crippen LogP contribution in [-0.2, 0) is 17.1 Å². The van der Waals surface area contributed by atoms with Gasteiger partial charge in [-0.1, -0.05) is 31.0 Å². The predicted octanol–water partition coefficient (Wildman–Crippen LogP) is 2.17. The number of benzene rings is 1. The molecule has 6 nitrogen and oxygen atoms in total. The molecule has 1 saturated carbocycles. The van der Waals surface area contributed by atoms with Crippen LogP contribution in [0, 0.1) is 6.92 Å². The third kappa shape index (κ3) is 2.81. The van der Waals surface area contributed by atoms with E-state index in [-0.39, 0.29) is 11.2 Å². The first-order valence-corrected chi connectivity index (χ1v) is 9.32. The summed E-state index contributed by atoms with van der Waals surface area (Å²) in [4.78, 5) is 12.7. The second-order valence-corrected chi connectivity index (χ2v) is 7.95. The molecule has 1 aliphatic rings. The van der Waals surface area contributed by atoms with Gasteiger partial charge in [-0.15, -0.1) is 0 Å². The third-order valence-corrected chi connectivity index (χ3v) is 6.38. The molecule has 23 heavy (non-hydrogen) atoms. The number of rotatable bonds is 4. The van der Waals surface area contributed by atoms with Crippen LogP contribution in [0.15, 0.2) is 35.1 Å². The number of nitrogens with zero attached hydrogens (tertiary/aromatic N) is 2. The summed E-state index contributed by atoms with van der Waals surface area (Å²) in [7, 11) is -1.77. The monoisotopic (exact) mass is 335 g/mol. The molecule has 0 bridgehead atoms. The number of aromatic nitrogens is 2. The van der Waals surface area contributed by atoms with Crippen LogP contribution < -0.4 is 10.3 Å². The van der Waals surface area contributed by atoms with Crippen LogP contribution in [0.4, 0.5) is 5.69 Å². The molecular formula is C16H21N3O3S. The van der Waals surface area contributed by atoms with Gasteiger partial charge in [0, 0.05) is 7.05 Å². The normalized spacial score (nSPS) is 15.9. The Labute approximate surface area is 135 Å². The Hall–Kier alpha value is -2.02. The summed E-state index contributed by atoms with van der Waals surface area (Å²) in [6, 6.07) is 9.18. The first-order valence-electron chi connectivity index (χ1n) is 7.77. The van der Waals surface area contributed by atoms with Crippen LogP contribution in [0.5, 0.6) is 0 Å². The highest BCUT2D eigenvalue weighted by Crippen LogP contribution is 2.26. The SMILES string of the molecule is Cc1c(NS(=O)(=O)C2CCCC2)c(=O)n(-c2ccccc2)n1C. The topological polar surface area (TPSA) is 73.1 Å². The molecular weight excluding hydrogens is 314 g/mol. The first kappa shape index (κ1) is 15.9. The van der Waals surface area contributed by atoms with Gasteiger partial charge >= 0.3 is 0 Å². The molecule has 0 atom stereocenters. The van der Waals surface area contributed by atoms with Crippen LogP contribution in [-0.4, -0.2) is 23.0 Å². The third-order valence-electron chi connectivity index (χ3n) is 4.54. The van der Waals surface area contributed by atoms with Gasteiger partial charge < -0.3 is 0 Å². The molecule has 1 aliphatic carbocycles. The van der Waals surface area contributed by atoms with Crippen molar-refractivity contribution in [2.24, 2.45) is 7.05 Å². The summed E-state index contributed by atoms with van der Waals surface area (Å²) in [5.41, 5.74) is 1.09. The van der Waals surface area contributed by atoms with Gasteiger partial charge in [0.25, 0.3) is 5.56 Å². The minimum Gasteiger partial charge on any atom is -0.283 e. The van der Waals surface area contributed by atoms with Crippen molar-refractivity contribution in [3.63, 3.8) is 0 Å². The molecule has 0 aliphatic heterocycles. The fourth-order valence-electron chi connectivity index (χ4n) is 3.11. The average Bonchev–Trinajstić information content (AvgIpc) is 3.13. The fourth-order valence-corrected chi connectivity index (χ4v) is 4.75. The van der Waals surface area contributed by atoms with E-state index in [2.05, 4.69) is 4.72 Å². The van der Waals surface area contributed by atoms with Gasteiger partial charge in [-0.2, -0.15) is 0 Å². The second-order valence-electron chi connectivity index (χ2n) is 5.99. The van der Waals surface area contributed by atoms with E-state index in [0.29, 0.717) is 24.2 Å². The van der Waals surface area contributed by atoms with Crippen LogP contribution in [0.25, 0.3) is 5.69 Å². The number of hydrogen-bond donors (Lipinski definition) is 1. The van der Waals surface area contributed by atoms with Crippen LogP contribution in [0.1, 0.15) is 31.4 Å². The van der Waals surface area contributed by atoms with E-state index in [1.807, 2.05) is 30.3 Å². The van der Waals surface area contributed by atoms with Crippen molar-refractivity contribution in [2.75, 3.05) is 4.72 Å². The fraction of sp³-hybridized carbons (Fsp3) is 0.438. The van der Waals surface area contributed by atoms with E-state index in [0.717, 1.165) is 12.8 Å². The van der Waals surface area contributed by atoms with E-state index < -0.39 is 15.3 Å². The van der Waals surface area contributed by atoms with E-state index in [1.165, 1.54) is 4.68 Å². The van der Waals surface area contributed by atoms with Crippen molar-refractivity contribution >= 4 is 15.7 Å². The minimum atomic E-state index is -3.52. The molecule has 2 aromatic rings. The van der Waals surface area contributed by atoms with Gasteiger partial charge in [0.1, 0.15) is 5.69 Å². The van der Waals surface area contributed by atoms with E-state index in [4.69, 9.17) is 0 Å². The first-order chi connectivity index (χ1) is 10.9. The maximum atomic E-state index is 12.7. The number of sulfonamides is 1. The summed E-state index contributed by atoms with van der Waals surface area (Å²) >= 11 is 0. The minimum absolute atomic E-state index is 0.142. The highest BCUT2D eigenvalue weighted by molar-refractivity contribution is 7.93. The summed E-state index contributed by atoms with van der Waals surface area (Å²) in [5, 5.41) is -0.397. The van der Waals surface area contributed by atoms with Gasteiger partial charge in [-0.05, 0) is 31.9 Å². The lowest BCUT2D eigenvalue weighted by molar-refractivity contribution is 0.585. The van der Waals surface area contributed by atoms with Crippen molar-refractivity contribution in [1.29, 1.82) is 0 Å². The molecule has 1 aromatic heterocycles. The molecule has 3 rings (SSSR count). The second kappa shape index (κ2) is 5.88. The maximum Gasteiger partial charge on any atom is 0.296 e. The van der Waals surface area contributed by atoms with Crippen LogP contribution in [0.2, 0.25) is 0 Å². The molecule has 0 spiro atoms. The lowest BCUT2D eigenvalue weighted by Gasteiger charge is -2.12. The number of nitrogens with one attached hydrogen (secondary N) is 1. The molecule has 0 radical (unpaired) electrons. The van der Waals surface area contributed by atoms with Crippen molar-refractivity contribution in [3.05, 3.63) is 46.4 Å². The molecule has 0 unspecified atom stereocenters. The van der Waals surface area contributed by atoms with Crippen molar-refractivity contribution in [2.45, 2.75) is 37.9 Å². The smallest absolute Gasteiger partial charge is 0.283 e. The molecule has 1 fully saturated rings. The zero-order valence-electron chi connectivity index (χ0n) is 13.3. The molecule has 1 aromatic carbocycles. The molecule has 1 N–H and O–H groups in total. The Morgan fingerprint density at radius 1 is 1.13 bits per heavy atom. The van der Waals surface area contributed by atoms with Gasteiger partial charge in [0.15, 0.2) is 0 Å². The predicted molar refractivity (Wildman–Crippen MR) is 90.5 cm³/mol. The molecule has 1 heterocycles. The van der Waals surface area contributed by atoms with Gasteiger partial charge in [-0.25, -0.2) is 13.1 Å². The summed E-state index contributed by atoms with van der Waals surface area (Å²) < 4.78 is 30.7. The van der Waals surface area contributed by atoms with Crippen LogP contribution >= 0.6 is 0 Å². The Bertz CT molecular complexity index is 860. The van der Waals surface area contributed by atoms with Gasteiger partial charge in [0.2, 0.25) is 10.0 Å². The molecule has 7 heteroatoms. The highest BCUT2D eigenvalue weighted by atomic mass is 32.2. The zero-order chi connectivity index (χ0) is 16.6. The Morgan fingerprint density at radius 2 is 1.74 bits per heavy atom. The molecule has 124 valence electrons. The van der Waals surface area contributed by atoms with Crippen molar-refractivity contribution in [1.82, 2.24) is 9.36 Å². The largest absolute Gasteiger partial charge is 0.296 e. The highest BCUT2D eigenvalue weighted by Gasteiger charge is 2.30. The maximum absolute atomic E-state index is 12.7. The van der Waals surface area contributed by atoms with Crippen molar-refractivity contribution < 1.29 is 8.42 Å². The van der Waals surface area contributed by atoms with Gasteiger partial charge in [0.05, 0.1) is 16.6 Å². The average molecular weight is 335 g/mol. The quantitative estimate of drug-likeness (QED) is 0.930. The Kier molecular flexibility index (Phi) is 4.06. The Balaban J connectivity index is 2.03. The van der Waals surface area contributed by atoms with E-state index in [9.17, 15) is 13.2 Å². The number of para-hydroxylation sites is 1. The number of anilines is 1. The zero-order valence-corrected chi connectivity index (χ0v) is 14.1. The van der Waals surface area contributed by atoms with Gasteiger partial charge in [-0.3, -0.25) is 14.2 Å². The molecule has 0 saturated heterocycles. The van der Waals surface area contributed by atoms with Crippen molar-refractivity contribution in [3.8, 4) is 5.69 Å².